The number of nitrogens with zero attached hydrogens (tertiary/aromatic N) is 1. The van der Waals surface area contributed by atoms with Gasteiger partial charge < -0.3 is 9.64 Å². The van der Waals surface area contributed by atoms with E-state index in [2.05, 4.69) is 35.2 Å². The zero-order chi connectivity index (χ0) is 19.6. The summed E-state index contributed by atoms with van der Waals surface area (Å²) in [6.45, 7) is 4.80. The van der Waals surface area contributed by atoms with Gasteiger partial charge >= 0.3 is 0 Å². The molecule has 30 heavy (non-hydrogen) atoms. The lowest BCUT2D eigenvalue weighted by Crippen LogP contribution is -2.32. The number of thiophene rings is 1. The van der Waals surface area contributed by atoms with Gasteiger partial charge in [-0.25, -0.2) is 4.39 Å². The van der Waals surface area contributed by atoms with E-state index in [1.807, 2.05) is 6.07 Å². The molecule has 2 aliphatic heterocycles. The maximum Gasteiger partial charge on any atom is 0.123 e. The van der Waals surface area contributed by atoms with Crippen molar-refractivity contribution in [1.29, 1.82) is 0 Å². The molecule has 0 aliphatic carbocycles. The summed E-state index contributed by atoms with van der Waals surface area (Å²) in [4.78, 5) is 7.17. The van der Waals surface area contributed by atoms with Gasteiger partial charge in [-0.1, -0.05) is 36.4 Å². The fraction of sp³-hybridized carbons (Fsp3) is 0.333. The van der Waals surface area contributed by atoms with Gasteiger partial charge in [-0.3, -0.25) is 0 Å². The molecule has 0 amide bonds. The summed E-state index contributed by atoms with van der Waals surface area (Å²) in [5, 5.41) is 0. The van der Waals surface area contributed by atoms with Crippen molar-refractivity contribution in [2.75, 3.05) is 26.2 Å². The van der Waals surface area contributed by atoms with Crippen LogP contribution >= 0.6 is 35.5 Å². The standard InChI is InChI=1S/C24H24FNOS2.ClH/c25-17-8-9-23-21(14-17)24-20(19-6-2-3-7-22(19)29-23)15-18(28-24)16-27-13-12-26-10-4-1-5-11-26;/h2-3,6-9,14-15H,1,4-5,10-13,16H2;1H. The third kappa shape index (κ3) is 4.61. The van der Waals surface area contributed by atoms with E-state index in [1.165, 1.54) is 53.3 Å². The Hall–Kier alpha value is -1.37. The van der Waals surface area contributed by atoms with Crippen LogP contribution in [0.3, 0.4) is 0 Å². The summed E-state index contributed by atoms with van der Waals surface area (Å²) in [6.07, 6.45) is 3.98. The highest BCUT2D eigenvalue weighted by Crippen LogP contribution is 2.51. The molecule has 6 heteroatoms. The number of rotatable bonds is 5. The molecule has 2 nitrogen and oxygen atoms in total. The molecule has 2 aromatic carbocycles. The van der Waals surface area contributed by atoms with Crippen molar-refractivity contribution in [3.05, 3.63) is 59.2 Å². The molecule has 0 saturated carbocycles. The van der Waals surface area contributed by atoms with Gasteiger partial charge in [0.05, 0.1) is 13.2 Å². The molecule has 1 saturated heterocycles. The van der Waals surface area contributed by atoms with Crippen LogP contribution in [-0.2, 0) is 11.3 Å². The van der Waals surface area contributed by atoms with Crippen molar-refractivity contribution in [2.24, 2.45) is 0 Å². The highest BCUT2D eigenvalue weighted by molar-refractivity contribution is 7.99. The van der Waals surface area contributed by atoms with Crippen LogP contribution in [0.5, 0.6) is 0 Å². The Balaban J connectivity index is 0.00000218. The Kier molecular flexibility index (Phi) is 7.16. The van der Waals surface area contributed by atoms with E-state index in [-0.39, 0.29) is 18.2 Å². The molecule has 0 bridgehead atoms. The minimum Gasteiger partial charge on any atom is -0.375 e. The van der Waals surface area contributed by atoms with Crippen LogP contribution in [-0.4, -0.2) is 31.1 Å². The summed E-state index contributed by atoms with van der Waals surface area (Å²) in [5.41, 5.74) is 3.41. The van der Waals surface area contributed by atoms with E-state index in [9.17, 15) is 4.39 Å². The van der Waals surface area contributed by atoms with Gasteiger partial charge in [0.2, 0.25) is 0 Å². The van der Waals surface area contributed by atoms with E-state index in [0.717, 1.165) is 28.5 Å². The lowest BCUT2D eigenvalue weighted by Gasteiger charge is -2.26. The average Bonchev–Trinajstić information content (AvgIpc) is 3.12. The minimum absolute atomic E-state index is 0. The first-order valence-corrected chi connectivity index (χ1v) is 11.9. The van der Waals surface area contributed by atoms with Crippen LogP contribution in [0.1, 0.15) is 24.1 Å². The lowest BCUT2D eigenvalue weighted by atomic mass is 10.0. The van der Waals surface area contributed by atoms with E-state index >= 15 is 0 Å². The molecule has 1 fully saturated rings. The monoisotopic (exact) mass is 461 g/mol. The van der Waals surface area contributed by atoms with E-state index in [1.54, 1.807) is 35.2 Å². The molecule has 2 aliphatic rings. The molecule has 0 atom stereocenters. The van der Waals surface area contributed by atoms with Crippen LogP contribution < -0.4 is 0 Å². The summed E-state index contributed by atoms with van der Waals surface area (Å²) >= 11 is 3.45. The van der Waals surface area contributed by atoms with Gasteiger partial charge in [-0.15, -0.1) is 23.7 Å². The smallest absolute Gasteiger partial charge is 0.123 e. The predicted molar refractivity (Wildman–Crippen MR) is 126 cm³/mol. The molecule has 0 radical (unpaired) electrons. The van der Waals surface area contributed by atoms with Gasteiger partial charge in [0.1, 0.15) is 5.82 Å². The van der Waals surface area contributed by atoms with Crippen LogP contribution in [0.2, 0.25) is 0 Å². The Bertz CT molecular complexity index is 1020. The summed E-state index contributed by atoms with van der Waals surface area (Å²) in [7, 11) is 0. The highest BCUT2D eigenvalue weighted by atomic mass is 35.5. The fourth-order valence-electron chi connectivity index (χ4n) is 4.13. The van der Waals surface area contributed by atoms with Crippen LogP contribution in [0, 0.1) is 5.82 Å². The second-order valence-corrected chi connectivity index (χ2v) is 9.87. The Morgan fingerprint density at radius 3 is 2.57 bits per heavy atom. The number of hydrogen-bond donors (Lipinski definition) is 0. The van der Waals surface area contributed by atoms with Crippen molar-refractivity contribution in [2.45, 2.75) is 35.7 Å². The maximum atomic E-state index is 14.0. The molecule has 3 heterocycles. The predicted octanol–water partition coefficient (Wildman–Crippen LogP) is 7.11. The maximum absolute atomic E-state index is 14.0. The number of piperidine rings is 1. The number of halogens is 2. The summed E-state index contributed by atoms with van der Waals surface area (Å²) in [6, 6.07) is 15.8. The van der Waals surface area contributed by atoms with Crippen LogP contribution in [0.15, 0.2) is 58.3 Å². The number of ether oxygens (including phenoxy) is 1. The first-order valence-electron chi connectivity index (χ1n) is 10.3. The van der Waals surface area contributed by atoms with Gasteiger partial charge in [0, 0.05) is 37.2 Å². The van der Waals surface area contributed by atoms with Crippen LogP contribution in [0.4, 0.5) is 4.39 Å². The third-order valence-corrected chi connectivity index (χ3v) is 7.91. The topological polar surface area (TPSA) is 12.5 Å². The Morgan fingerprint density at radius 1 is 0.900 bits per heavy atom. The molecule has 0 N–H and O–H groups in total. The van der Waals surface area contributed by atoms with Crippen LogP contribution in [0.25, 0.3) is 21.6 Å². The molecule has 1 aromatic heterocycles. The SMILES string of the molecule is Cl.Fc1ccc2c(c1)-c1sc(COCCN3CCCCC3)cc1-c1ccccc1S2. The normalized spacial score (nSPS) is 15.5. The van der Waals surface area contributed by atoms with E-state index < -0.39 is 0 Å². The van der Waals surface area contributed by atoms with Crippen molar-refractivity contribution < 1.29 is 9.13 Å². The van der Waals surface area contributed by atoms with E-state index in [4.69, 9.17) is 4.74 Å². The number of benzene rings is 2. The van der Waals surface area contributed by atoms with Gasteiger partial charge in [-0.05, 0) is 61.8 Å². The largest absolute Gasteiger partial charge is 0.375 e. The van der Waals surface area contributed by atoms with Gasteiger partial charge in [0.25, 0.3) is 0 Å². The quantitative estimate of drug-likeness (QED) is 0.294. The lowest BCUT2D eigenvalue weighted by molar-refractivity contribution is 0.0878. The summed E-state index contributed by atoms with van der Waals surface area (Å²) < 4.78 is 20.1. The highest BCUT2D eigenvalue weighted by Gasteiger charge is 2.23. The average molecular weight is 462 g/mol. The second kappa shape index (κ2) is 9.84. The number of fused-ring (bicyclic) bond motifs is 5. The number of hydrogen-bond acceptors (Lipinski definition) is 4. The first kappa shape index (κ1) is 21.8. The van der Waals surface area contributed by atoms with Gasteiger partial charge in [-0.2, -0.15) is 0 Å². The van der Waals surface area contributed by atoms with Crippen molar-refractivity contribution in [3.63, 3.8) is 0 Å². The molecule has 5 rings (SSSR count). The van der Waals surface area contributed by atoms with Crippen molar-refractivity contribution in [3.8, 4) is 21.6 Å². The molecule has 0 spiro atoms. The van der Waals surface area contributed by atoms with Crippen molar-refractivity contribution in [1.82, 2.24) is 4.90 Å². The minimum atomic E-state index is -0.186. The molecular formula is C24H25ClFNOS2. The molecule has 158 valence electrons. The first-order chi connectivity index (χ1) is 14.3. The molecule has 0 unspecified atom stereocenters. The Morgan fingerprint density at radius 2 is 1.70 bits per heavy atom. The Labute approximate surface area is 191 Å². The van der Waals surface area contributed by atoms with E-state index in [0.29, 0.717) is 6.61 Å². The zero-order valence-corrected chi connectivity index (χ0v) is 19.2. The third-order valence-electron chi connectivity index (χ3n) is 5.61. The zero-order valence-electron chi connectivity index (χ0n) is 16.7. The number of likely N-dealkylation sites (tertiary alicyclic amines) is 1. The molecule has 3 aromatic rings. The fourth-order valence-corrected chi connectivity index (χ4v) is 6.41. The molecular weight excluding hydrogens is 437 g/mol. The van der Waals surface area contributed by atoms with Gasteiger partial charge in [0.15, 0.2) is 0 Å². The van der Waals surface area contributed by atoms with Crippen molar-refractivity contribution >= 4 is 35.5 Å². The summed E-state index contributed by atoms with van der Waals surface area (Å²) in [5.74, 6) is -0.186. The second-order valence-electron chi connectivity index (χ2n) is 7.65.